The van der Waals surface area contributed by atoms with Crippen molar-refractivity contribution in [1.82, 2.24) is 0 Å². The van der Waals surface area contributed by atoms with E-state index in [4.69, 9.17) is 14.2 Å². The Balaban J connectivity index is 4.21. The van der Waals surface area contributed by atoms with E-state index in [1.807, 2.05) is 0 Å². The number of carbonyl (C=O) groups excluding carboxylic acids is 3. The van der Waals surface area contributed by atoms with E-state index in [1.165, 1.54) is 141 Å². The molecule has 6 heteroatoms. The van der Waals surface area contributed by atoms with Gasteiger partial charge in [-0.05, 0) is 57.8 Å². The summed E-state index contributed by atoms with van der Waals surface area (Å²) in [6.45, 7) is 6.50. The quantitative estimate of drug-likeness (QED) is 0.0262. The Hall–Kier alpha value is -2.63. The van der Waals surface area contributed by atoms with Crippen molar-refractivity contribution in [2.75, 3.05) is 13.2 Å². The Kier molecular flexibility index (Phi) is 48.8. The molecular formula is C56H100O6. The highest BCUT2D eigenvalue weighted by atomic mass is 16.6. The molecule has 0 amide bonds. The molecule has 0 rings (SSSR count). The molecule has 0 N–H and O–H groups in total. The highest BCUT2D eigenvalue weighted by Gasteiger charge is 2.19. The smallest absolute Gasteiger partial charge is 0.306 e. The van der Waals surface area contributed by atoms with Crippen LogP contribution in [0.2, 0.25) is 0 Å². The molecule has 0 aliphatic carbocycles. The van der Waals surface area contributed by atoms with Gasteiger partial charge in [0.05, 0.1) is 0 Å². The van der Waals surface area contributed by atoms with Gasteiger partial charge in [-0.2, -0.15) is 0 Å². The van der Waals surface area contributed by atoms with E-state index in [0.29, 0.717) is 19.3 Å². The fraction of sp³-hybridized carbons (Fsp3) is 0.804. The summed E-state index contributed by atoms with van der Waals surface area (Å²) in [5, 5.41) is 0. The van der Waals surface area contributed by atoms with Gasteiger partial charge in [-0.1, -0.05) is 243 Å². The molecule has 6 nitrogen and oxygen atoms in total. The minimum absolute atomic E-state index is 0.0727. The lowest BCUT2D eigenvalue weighted by Gasteiger charge is -2.18. The van der Waals surface area contributed by atoms with Crippen molar-refractivity contribution in [2.45, 2.75) is 277 Å². The molecule has 0 aromatic heterocycles. The molecule has 0 saturated heterocycles. The fourth-order valence-corrected chi connectivity index (χ4v) is 7.61. The first-order chi connectivity index (χ1) is 30.5. The van der Waals surface area contributed by atoms with Crippen LogP contribution < -0.4 is 0 Å². The van der Waals surface area contributed by atoms with Gasteiger partial charge in [0.2, 0.25) is 0 Å². The van der Waals surface area contributed by atoms with Gasteiger partial charge in [0.25, 0.3) is 0 Å². The summed E-state index contributed by atoms with van der Waals surface area (Å²) in [7, 11) is 0. The van der Waals surface area contributed by atoms with Crippen LogP contribution in [0.1, 0.15) is 271 Å². The third-order valence-electron chi connectivity index (χ3n) is 11.6. The van der Waals surface area contributed by atoms with E-state index in [2.05, 4.69) is 69.4 Å². The second-order valence-electron chi connectivity index (χ2n) is 17.8. The van der Waals surface area contributed by atoms with Gasteiger partial charge in [0.15, 0.2) is 6.10 Å². The van der Waals surface area contributed by atoms with E-state index >= 15 is 0 Å². The first kappa shape index (κ1) is 59.4. The molecule has 0 aromatic carbocycles. The molecule has 0 aliphatic rings. The third kappa shape index (κ3) is 48.4. The van der Waals surface area contributed by atoms with Gasteiger partial charge in [0, 0.05) is 19.3 Å². The van der Waals surface area contributed by atoms with Crippen molar-refractivity contribution in [2.24, 2.45) is 0 Å². The number of ether oxygens (including phenoxy) is 3. The highest BCUT2D eigenvalue weighted by Crippen LogP contribution is 2.16. The summed E-state index contributed by atoms with van der Waals surface area (Å²) in [5.74, 6) is -0.877. The van der Waals surface area contributed by atoms with Crippen LogP contribution in [0.3, 0.4) is 0 Å². The van der Waals surface area contributed by atoms with Crippen LogP contribution in [0, 0.1) is 0 Å². The molecule has 360 valence electrons. The molecule has 0 saturated carbocycles. The number of unbranched alkanes of at least 4 members (excludes halogenated alkanes) is 29. The van der Waals surface area contributed by atoms with E-state index < -0.39 is 6.10 Å². The van der Waals surface area contributed by atoms with Crippen LogP contribution in [0.15, 0.2) is 48.6 Å². The van der Waals surface area contributed by atoms with Crippen LogP contribution in [-0.2, 0) is 28.6 Å². The monoisotopic (exact) mass is 869 g/mol. The van der Waals surface area contributed by atoms with Crippen LogP contribution in [0.5, 0.6) is 0 Å². The number of hydrogen-bond donors (Lipinski definition) is 0. The Morgan fingerprint density at radius 3 is 0.984 bits per heavy atom. The second-order valence-corrected chi connectivity index (χ2v) is 17.8. The summed E-state index contributed by atoms with van der Waals surface area (Å²) in [5.41, 5.74) is 0. The average molecular weight is 869 g/mol. The molecule has 62 heavy (non-hydrogen) atoms. The maximum absolute atomic E-state index is 12.8. The van der Waals surface area contributed by atoms with Crippen LogP contribution in [-0.4, -0.2) is 37.2 Å². The molecule has 0 aliphatic heterocycles. The van der Waals surface area contributed by atoms with Crippen molar-refractivity contribution in [3.63, 3.8) is 0 Å². The fourth-order valence-electron chi connectivity index (χ4n) is 7.61. The Labute approximate surface area is 384 Å². The first-order valence-electron chi connectivity index (χ1n) is 26.6. The van der Waals surface area contributed by atoms with E-state index in [-0.39, 0.29) is 31.1 Å². The Morgan fingerprint density at radius 2 is 0.629 bits per heavy atom. The maximum atomic E-state index is 12.8. The molecule has 1 unspecified atom stereocenters. The van der Waals surface area contributed by atoms with Crippen molar-refractivity contribution in [1.29, 1.82) is 0 Å². The number of hydrogen-bond acceptors (Lipinski definition) is 6. The lowest BCUT2D eigenvalue weighted by Crippen LogP contribution is -2.30. The Morgan fingerprint density at radius 1 is 0.339 bits per heavy atom. The second kappa shape index (κ2) is 51.0. The zero-order valence-corrected chi connectivity index (χ0v) is 41.1. The van der Waals surface area contributed by atoms with Gasteiger partial charge < -0.3 is 14.2 Å². The largest absolute Gasteiger partial charge is 0.462 e. The third-order valence-corrected chi connectivity index (χ3v) is 11.6. The predicted molar refractivity (Wildman–Crippen MR) is 265 cm³/mol. The average Bonchev–Trinajstić information content (AvgIpc) is 3.27. The van der Waals surface area contributed by atoms with Crippen LogP contribution in [0.4, 0.5) is 0 Å². The standard InChI is InChI=1S/C56H100O6/c1-4-7-10-13-16-18-20-22-24-26-27-28-29-30-32-33-35-37-40-43-46-49-55(58)61-52-53(51-60-54(57)48-45-42-39-15-12-9-6-3)62-56(59)50-47-44-41-38-36-34-31-25-23-21-19-17-14-11-8-5-2/h7,10,16,18,22,24,27-28,53H,4-6,8-9,11-15,17,19-21,23,25-26,29-52H2,1-3H3/b10-7-,18-16-,24-22-,28-27-. The summed E-state index contributed by atoms with van der Waals surface area (Å²) in [6, 6.07) is 0. The molecule has 0 fully saturated rings. The van der Waals surface area contributed by atoms with Crippen molar-refractivity contribution in [3.05, 3.63) is 48.6 Å². The normalized spacial score (nSPS) is 12.4. The van der Waals surface area contributed by atoms with Crippen molar-refractivity contribution >= 4 is 17.9 Å². The van der Waals surface area contributed by atoms with Crippen molar-refractivity contribution in [3.8, 4) is 0 Å². The zero-order chi connectivity index (χ0) is 45.1. The van der Waals surface area contributed by atoms with Gasteiger partial charge in [-0.3, -0.25) is 14.4 Å². The lowest BCUT2D eigenvalue weighted by atomic mass is 10.0. The molecule has 0 spiro atoms. The number of allylic oxidation sites excluding steroid dienone is 8. The van der Waals surface area contributed by atoms with E-state index in [9.17, 15) is 14.4 Å². The van der Waals surface area contributed by atoms with Gasteiger partial charge in [-0.15, -0.1) is 0 Å². The van der Waals surface area contributed by atoms with Gasteiger partial charge in [-0.25, -0.2) is 0 Å². The molecule has 0 heterocycles. The first-order valence-corrected chi connectivity index (χ1v) is 26.6. The van der Waals surface area contributed by atoms with Crippen LogP contribution in [0.25, 0.3) is 0 Å². The minimum Gasteiger partial charge on any atom is -0.462 e. The molecule has 0 radical (unpaired) electrons. The molecular weight excluding hydrogens is 769 g/mol. The maximum Gasteiger partial charge on any atom is 0.306 e. The topological polar surface area (TPSA) is 78.9 Å². The summed E-state index contributed by atoms with van der Waals surface area (Å²) >= 11 is 0. The van der Waals surface area contributed by atoms with Gasteiger partial charge in [0.1, 0.15) is 13.2 Å². The number of carbonyl (C=O) groups is 3. The highest BCUT2D eigenvalue weighted by molar-refractivity contribution is 5.71. The molecule has 1 atom stereocenters. The lowest BCUT2D eigenvalue weighted by molar-refractivity contribution is -0.167. The van der Waals surface area contributed by atoms with Gasteiger partial charge >= 0.3 is 17.9 Å². The van der Waals surface area contributed by atoms with Crippen LogP contribution >= 0.6 is 0 Å². The van der Waals surface area contributed by atoms with E-state index in [0.717, 1.165) is 89.9 Å². The zero-order valence-electron chi connectivity index (χ0n) is 41.1. The molecule has 0 aromatic rings. The summed E-state index contributed by atoms with van der Waals surface area (Å²) in [6.07, 6.45) is 61.1. The summed E-state index contributed by atoms with van der Waals surface area (Å²) < 4.78 is 16.8. The van der Waals surface area contributed by atoms with E-state index in [1.54, 1.807) is 0 Å². The minimum atomic E-state index is -0.770. The SMILES string of the molecule is CC/C=C\C/C=C\C/C=C\C/C=C\CCCCCCCCCCC(=O)OCC(COC(=O)CCCCCCCCC)OC(=O)CCCCCCCCCCCCCCCCCC. The van der Waals surface area contributed by atoms with Crippen molar-refractivity contribution < 1.29 is 28.6 Å². The molecule has 0 bridgehead atoms. The predicted octanol–water partition coefficient (Wildman–Crippen LogP) is 17.5. The summed E-state index contributed by atoms with van der Waals surface area (Å²) in [4.78, 5) is 37.8. The number of esters is 3. The number of rotatable bonds is 48. The Bertz CT molecular complexity index is 1090.